The second-order valence-corrected chi connectivity index (χ2v) is 7.75. The number of hydrogen-bond acceptors (Lipinski definition) is 5. The quantitative estimate of drug-likeness (QED) is 0.629. The lowest BCUT2D eigenvalue weighted by Crippen LogP contribution is -3.00. The van der Waals surface area contributed by atoms with Gasteiger partial charge < -0.3 is 27.2 Å². The van der Waals surface area contributed by atoms with Crippen molar-refractivity contribution in [2.45, 2.75) is 37.8 Å². The third-order valence-corrected chi connectivity index (χ3v) is 5.93. The zero-order valence-electron chi connectivity index (χ0n) is 16.9. The number of hydrogen-bond donors (Lipinski definition) is 1. The fourth-order valence-corrected chi connectivity index (χ4v) is 4.41. The van der Waals surface area contributed by atoms with Gasteiger partial charge in [0.1, 0.15) is 0 Å². The van der Waals surface area contributed by atoms with Crippen LogP contribution in [0.5, 0.6) is 11.5 Å². The molecule has 1 heterocycles. The average molecular weight is 448 g/mol. The number of rotatable bonds is 7. The van der Waals surface area contributed by atoms with Crippen LogP contribution in [0.1, 0.15) is 36.6 Å². The fourth-order valence-electron chi connectivity index (χ4n) is 3.60. The molecule has 0 spiro atoms. The zero-order chi connectivity index (χ0) is 20.8. The van der Waals surface area contributed by atoms with E-state index in [9.17, 15) is 9.59 Å². The van der Waals surface area contributed by atoms with Crippen molar-refractivity contribution in [3.05, 3.63) is 40.6 Å². The summed E-state index contributed by atoms with van der Waals surface area (Å²) in [5, 5.41) is 4.97. The largest absolute Gasteiger partial charge is 1.00 e. The number of carbonyl (C=O) groups is 2. The summed E-state index contributed by atoms with van der Waals surface area (Å²) in [6.07, 6.45) is 9.55. The SMILES string of the molecule is C#CC(=O)N(c1ccc(OC)c(OC)c1)C(C(=O)NC1CCCC1)c1cccs1.[Cl-]. The number of carbonyl (C=O) groups excluding carboxylic acids is 2. The molecule has 0 saturated heterocycles. The van der Waals surface area contributed by atoms with Gasteiger partial charge in [0.05, 0.1) is 14.2 Å². The molecule has 2 amide bonds. The van der Waals surface area contributed by atoms with Crippen LogP contribution in [0.15, 0.2) is 35.7 Å². The Kier molecular flexibility index (Phi) is 8.58. The minimum atomic E-state index is -0.864. The molecule has 0 bridgehead atoms. The molecule has 1 saturated carbocycles. The molecule has 1 aromatic heterocycles. The number of ether oxygens (including phenoxy) is 2. The maximum Gasteiger partial charge on any atom is 0.303 e. The summed E-state index contributed by atoms with van der Waals surface area (Å²) in [5.74, 6) is 2.29. The number of nitrogens with one attached hydrogen (secondary N) is 1. The standard InChI is InChI=1S/C22H24N2O4S.ClH/c1-4-20(25)24(16-11-12-17(27-2)18(14-16)28-3)21(19-10-7-13-29-19)22(26)23-15-8-5-6-9-15;/h1,7,10-15,21H,5-6,8-9H2,2-3H3,(H,23,26);1H/p-1. The first-order chi connectivity index (χ1) is 14.1. The van der Waals surface area contributed by atoms with E-state index in [1.165, 1.54) is 30.5 Å². The number of terminal acetylenes is 1. The highest BCUT2D eigenvalue weighted by atomic mass is 35.5. The third-order valence-electron chi connectivity index (χ3n) is 5.01. The third kappa shape index (κ3) is 5.07. The highest BCUT2D eigenvalue weighted by Gasteiger charge is 2.34. The molecular formula is C22H24ClN2O4S-. The number of methoxy groups -OCH3 is 2. The molecule has 160 valence electrons. The van der Waals surface area contributed by atoms with Gasteiger partial charge in [0, 0.05) is 22.7 Å². The number of amides is 2. The molecule has 1 aromatic carbocycles. The predicted octanol–water partition coefficient (Wildman–Crippen LogP) is 0.536. The summed E-state index contributed by atoms with van der Waals surface area (Å²) in [7, 11) is 3.05. The van der Waals surface area contributed by atoms with Crippen molar-refractivity contribution in [2.75, 3.05) is 19.1 Å². The Morgan fingerprint density at radius 1 is 1.20 bits per heavy atom. The van der Waals surface area contributed by atoms with Gasteiger partial charge in [-0.05, 0) is 42.3 Å². The molecule has 6 nitrogen and oxygen atoms in total. The summed E-state index contributed by atoms with van der Waals surface area (Å²) in [5.41, 5.74) is 0.463. The van der Waals surface area contributed by atoms with E-state index < -0.39 is 11.9 Å². The van der Waals surface area contributed by atoms with E-state index in [1.807, 2.05) is 17.5 Å². The highest BCUT2D eigenvalue weighted by Crippen LogP contribution is 2.36. The minimum Gasteiger partial charge on any atom is -1.00 e. The van der Waals surface area contributed by atoms with Crippen LogP contribution in [0.25, 0.3) is 0 Å². The number of halogens is 1. The average Bonchev–Trinajstić information content (AvgIpc) is 3.45. The van der Waals surface area contributed by atoms with Gasteiger partial charge in [-0.2, -0.15) is 0 Å². The van der Waals surface area contributed by atoms with Crippen LogP contribution >= 0.6 is 11.3 Å². The highest BCUT2D eigenvalue weighted by molar-refractivity contribution is 7.10. The summed E-state index contributed by atoms with van der Waals surface area (Å²) < 4.78 is 10.6. The van der Waals surface area contributed by atoms with Crippen LogP contribution in [0.4, 0.5) is 5.69 Å². The van der Waals surface area contributed by atoms with Crippen molar-refractivity contribution in [1.29, 1.82) is 0 Å². The molecule has 1 aliphatic rings. The maximum absolute atomic E-state index is 13.3. The molecule has 1 unspecified atom stereocenters. The Labute approximate surface area is 187 Å². The van der Waals surface area contributed by atoms with E-state index in [0.29, 0.717) is 17.2 Å². The molecule has 1 fully saturated rings. The van der Waals surface area contributed by atoms with Crippen LogP contribution in [0.3, 0.4) is 0 Å². The lowest BCUT2D eigenvalue weighted by Gasteiger charge is -2.30. The number of benzene rings is 1. The smallest absolute Gasteiger partial charge is 0.303 e. The van der Waals surface area contributed by atoms with Gasteiger partial charge in [-0.3, -0.25) is 14.5 Å². The molecular weight excluding hydrogens is 424 g/mol. The van der Waals surface area contributed by atoms with E-state index in [0.717, 1.165) is 30.6 Å². The van der Waals surface area contributed by atoms with Gasteiger partial charge in [0.15, 0.2) is 17.5 Å². The molecule has 2 aromatic rings. The lowest BCUT2D eigenvalue weighted by molar-refractivity contribution is -0.125. The maximum atomic E-state index is 13.3. The second-order valence-electron chi connectivity index (χ2n) is 6.77. The summed E-state index contributed by atoms with van der Waals surface area (Å²) in [6.45, 7) is 0. The Balaban J connectivity index is 0.00000320. The second kappa shape index (κ2) is 10.9. The molecule has 1 atom stereocenters. The van der Waals surface area contributed by atoms with Crippen molar-refractivity contribution in [1.82, 2.24) is 5.32 Å². The lowest BCUT2D eigenvalue weighted by atomic mass is 10.1. The zero-order valence-corrected chi connectivity index (χ0v) is 18.5. The van der Waals surface area contributed by atoms with E-state index >= 15 is 0 Å². The molecule has 8 heteroatoms. The fraction of sp³-hybridized carbons (Fsp3) is 0.364. The predicted molar refractivity (Wildman–Crippen MR) is 113 cm³/mol. The van der Waals surface area contributed by atoms with Gasteiger partial charge in [0.25, 0.3) is 0 Å². The number of nitrogens with zero attached hydrogens (tertiary/aromatic N) is 1. The Hall–Kier alpha value is -2.69. The van der Waals surface area contributed by atoms with Gasteiger partial charge in [0.2, 0.25) is 5.91 Å². The van der Waals surface area contributed by atoms with Gasteiger partial charge in [-0.25, -0.2) is 0 Å². The molecule has 0 aliphatic heterocycles. The Morgan fingerprint density at radius 3 is 2.47 bits per heavy atom. The van der Waals surface area contributed by atoms with Crippen molar-refractivity contribution < 1.29 is 31.5 Å². The Bertz CT molecular complexity index is 904. The molecule has 3 rings (SSSR count). The van der Waals surface area contributed by atoms with Crippen LogP contribution < -0.4 is 32.1 Å². The van der Waals surface area contributed by atoms with Crippen molar-refractivity contribution in [3.63, 3.8) is 0 Å². The van der Waals surface area contributed by atoms with Crippen molar-refractivity contribution in [3.8, 4) is 23.8 Å². The molecule has 1 N–H and O–H groups in total. The van der Waals surface area contributed by atoms with E-state index in [1.54, 1.807) is 18.2 Å². The van der Waals surface area contributed by atoms with Crippen molar-refractivity contribution >= 4 is 28.8 Å². The monoisotopic (exact) mass is 447 g/mol. The first-order valence-corrected chi connectivity index (χ1v) is 10.3. The van der Waals surface area contributed by atoms with Gasteiger partial charge in [-0.1, -0.05) is 18.9 Å². The topological polar surface area (TPSA) is 67.9 Å². The van der Waals surface area contributed by atoms with Crippen molar-refractivity contribution in [2.24, 2.45) is 0 Å². The minimum absolute atomic E-state index is 0. The number of thiophene rings is 1. The summed E-state index contributed by atoms with van der Waals surface area (Å²) in [4.78, 5) is 28.2. The van der Waals surface area contributed by atoms with Crippen LogP contribution in [-0.2, 0) is 9.59 Å². The Morgan fingerprint density at radius 2 is 1.90 bits per heavy atom. The van der Waals surface area contributed by atoms with E-state index in [2.05, 4.69) is 11.2 Å². The van der Waals surface area contributed by atoms with Crippen LogP contribution in [0.2, 0.25) is 0 Å². The number of anilines is 1. The van der Waals surface area contributed by atoms with E-state index in [-0.39, 0.29) is 24.4 Å². The van der Waals surface area contributed by atoms with Crippen LogP contribution in [-0.4, -0.2) is 32.1 Å². The van der Waals surface area contributed by atoms with Gasteiger partial charge in [-0.15, -0.1) is 17.8 Å². The summed E-state index contributed by atoms with van der Waals surface area (Å²) >= 11 is 1.41. The molecule has 1 aliphatic carbocycles. The van der Waals surface area contributed by atoms with Gasteiger partial charge >= 0.3 is 5.91 Å². The normalized spacial score (nSPS) is 14.2. The first kappa shape index (κ1) is 23.6. The van der Waals surface area contributed by atoms with Crippen LogP contribution in [0, 0.1) is 12.3 Å². The van der Waals surface area contributed by atoms with E-state index in [4.69, 9.17) is 15.9 Å². The molecule has 30 heavy (non-hydrogen) atoms. The first-order valence-electron chi connectivity index (χ1n) is 9.44. The molecule has 0 radical (unpaired) electrons. The summed E-state index contributed by atoms with van der Waals surface area (Å²) in [6, 6.07) is 7.97.